The van der Waals surface area contributed by atoms with Gasteiger partial charge in [0.2, 0.25) is 5.13 Å². The van der Waals surface area contributed by atoms with Gasteiger partial charge in [-0.3, -0.25) is 0 Å². The molecule has 33 heavy (non-hydrogen) atoms. The summed E-state index contributed by atoms with van der Waals surface area (Å²) in [5, 5.41) is 18.8. The molecule has 12 heteroatoms. The van der Waals surface area contributed by atoms with Crippen LogP contribution in [0.3, 0.4) is 0 Å². The summed E-state index contributed by atoms with van der Waals surface area (Å²) in [6.45, 7) is 5.51. The smallest absolute Gasteiger partial charge is 0.355 e. The minimum Gasteiger partial charge on any atom is -0.495 e. The molecule has 0 unspecified atom stereocenters. The van der Waals surface area contributed by atoms with E-state index in [1.165, 1.54) is 5.38 Å². The number of thiazole rings is 1. The maximum absolute atomic E-state index is 11.0. The number of aromatic carboxylic acids is 1. The van der Waals surface area contributed by atoms with Crippen LogP contribution in [-0.2, 0) is 18.9 Å². The molecule has 1 fully saturated rings. The van der Waals surface area contributed by atoms with Crippen LogP contribution in [0.2, 0.25) is 0 Å². The number of hydrogen-bond donors (Lipinski definition) is 1. The summed E-state index contributed by atoms with van der Waals surface area (Å²) < 4.78 is 27.9. The topological polar surface area (TPSA) is 124 Å². The number of carboxylic acid groups (broad SMARTS) is 1. The van der Waals surface area contributed by atoms with Crippen LogP contribution in [0.5, 0.6) is 5.75 Å². The van der Waals surface area contributed by atoms with Gasteiger partial charge < -0.3 is 33.7 Å². The fraction of sp³-hybridized carbons (Fsp3) is 0.524. The Morgan fingerprint density at radius 1 is 1.00 bits per heavy atom. The molecule has 1 aromatic heterocycles. The van der Waals surface area contributed by atoms with E-state index in [0.717, 1.165) is 17.0 Å². The Balaban J connectivity index is 1.68. The molecule has 0 spiro atoms. The van der Waals surface area contributed by atoms with Crippen molar-refractivity contribution in [3.8, 4) is 5.75 Å². The van der Waals surface area contributed by atoms with Crippen molar-refractivity contribution in [1.82, 2.24) is 4.98 Å². The number of benzene rings is 1. The first-order chi connectivity index (χ1) is 16.2. The number of nitrogens with zero attached hydrogens (tertiary/aromatic N) is 4. The molecular formula is C21H28N4O7S. The lowest BCUT2D eigenvalue weighted by Crippen LogP contribution is -2.31. The monoisotopic (exact) mass is 480 g/mol. The Morgan fingerprint density at radius 2 is 1.61 bits per heavy atom. The van der Waals surface area contributed by atoms with Gasteiger partial charge in [0.05, 0.1) is 71.3 Å². The van der Waals surface area contributed by atoms with Crippen molar-refractivity contribution < 1.29 is 33.6 Å². The van der Waals surface area contributed by atoms with Crippen molar-refractivity contribution in [1.29, 1.82) is 0 Å². The van der Waals surface area contributed by atoms with E-state index in [9.17, 15) is 4.79 Å². The number of methoxy groups -OCH3 is 1. The van der Waals surface area contributed by atoms with Crippen molar-refractivity contribution in [3.63, 3.8) is 0 Å². The summed E-state index contributed by atoms with van der Waals surface area (Å²) in [5.41, 5.74) is 1.38. The highest BCUT2D eigenvalue weighted by molar-refractivity contribution is 7.13. The van der Waals surface area contributed by atoms with Gasteiger partial charge in [-0.05, 0) is 12.1 Å². The second kappa shape index (κ2) is 13.8. The zero-order valence-electron chi connectivity index (χ0n) is 18.5. The van der Waals surface area contributed by atoms with Crippen molar-refractivity contribution in [2.75, 3.05) is 78.0 Å². The van der Waals surface area contributed by atoms with Gasteiger partial charge in [-0.2, -0.15) is 0 Å². The van der Waals surface area contributed by atoms with E-state index in [2.05, 4.69) is 20.1 Å². The molecule has 1 N–H and O–H groups in total. The summed E-state index contributed by atoms with van der Waals surface area (Å²) >= 11 is 1.11. The molecule has 0 radical (unpaired) electrons. The Labute approximate surface area is 195 Å². The van der Waals surface area contributed by atoms with Gasteiger partial charge >= 0.3 is 5.97 Å². The van der Waals surface area contributed by atoms with Gasteiger partial charge in [0.1, 0.15) is 5.75 Å². The Kier molecular flexibility index (Phi) is 10.5. The number of carbonyl (C=O) groups is 1. The molecule has 0 atom stereocenters. The van der Waals surface area contributed by atoms with Crippen LogP contribution in [0, 0.1) is 0 Å². The molecule has 1 aliphatic rings. The summed E-state index contributed by atoms with van der Waals surface area (Å²) in [7, 11) is 1.59. The number of ether oxygens (including phenoxy) is 5. The molecule has 0 bridgehead atoms. The maximum Gasteiger partial charge on any atom is 0.355 e. The van der Waals surface area contributed by atoms with E-state index in [1.807, 2.05) is 12.1 Å². The molecule has 1 aromatic carbocycles. The molecular weight excluding hydrogens is 452 g/mol. The van der Waals surface area contributed by atoms with Crippen LogP contribution in [0.4, 0.5) is 16.5 Å². The van der Waals surface area contributed by atoms with Crippen LogP contribution in [-0.4, -0.2) is 89.1 Å². The number of aromatic nitrogens is 1. The van der Waals surface area contributed by atoms with Crippen LogP contribution < -0.4 is 9.64 Å². The fourth-order valence-electron chi connectivity index (χ4n) is 2.96. The minimum atomic E-state index is -1.10. The minimum absolute atomic E-state index is 0.0540. The molecule has 1 saturated heterocycles. The molecule has 0 amide bonds. The molecule has 180 valence electrons. The van der Waals surface area contributed by atoms with E-state index >= 15 is 0 Å². The van der Waals surface area contributed by atoms with E-state index in [0.29, 0.717) is 77.4 Å². The summed E-state index contributed by atoms with van der Waals surface area (Å²) in [5.74, 6) is -0.471. The van der Waals surface area contributed by atoms with Crippen LogP contribution in [0.25, 0.3) is 0 Å². The standard InChI is InChI=1S/C21H28N4O7S/c1-28-19-14-16(23-24-21-22-17(15-33-21)20(26)27)2-3-18(19)25-4-6-29-8-10-31-12-13-32-11-9-30-7-5-25/h2-3,14-15H,4-13H2,1H3,(H,26,27)/b24-23+. The zero-order chi connectivity index (χ0) is 23.3. The van der Waals surface area contributed by atoms with E-state index in [1.54, 1.807) is 13.2 Å². The number of carboxylic acids is 1. The summed E-state index contributed by atoms with van der Waals surface area (Å²) in [4.78, 5) is 17.0. The first-order valence-electron chi connectivity index (χ1n) is 10.5. The molecule has 1 aliphatic heterocycles. The number of anilines is 1. The zero-order valence-corrected chi connectivity index (χ0v) is 19.3. The molecule has 2 heterocycles. The summed E-state index contributed by atoms with van der Waals surface area (Å²) in [6, 6.07) is 5.48. The average molecular weight is 481 g/mol. The Morgan fingerprint density at radius 3 is 2.15 bits per heavy atom. The second-order valence-electron chi connectivity index (χ2n) is 6.81. The number of azo groups is 1. The lowest BCUT2D eigenvalue weighted by atomic mass is 10.2. The third kappa shape index (κ3) is 8.33. The van der Waals surface area contributed by atoms with E-state index in [4.69, 9.17) is 28.8 Å². The third-order valence-electron chi connectivity index (χ3n) is 4.59. The number of rotatable bonds is 5. The second-order valence-corrected chi connectivity index (χ2v) is 7.65. The first-order valence-corrected chi connectivity index (χ1v) is 11.4. The van der Waals surface area contributed by atoms with Gasteiger partial charge in [0, 0.05) is 24.5 Å². The Hall–Kier alpha value is -2.64. The highest BCUT2D eigenvalue weighted by Crippen LogP contribution is 2.33. The maximum atomic E-state index is 11.0. The molecule has 0 aliphatic carbocycles. The lowest BCUT2D eigenvalue weighted by molar-refractivity contribution is 0.00206. The molecule has 3 rings (SSSR count). The van der Waals surface area contributed by atoms with Crippen molar-refractivity contribution in [2.24, 2.45) is 10.2 Å². The highest BCUT2D eigenvalue weighted by Gasteiger charge is 2.14. The summed E-state index contributed by atoms with van der Waals surface area (Å²) in [6.07, 6.45) is 0. The normalized spacial score (nSPS) is 17.4. The largest absolute Gasteiger partial charge is 0.495 e. The molecule has 11 nitrogen and oxygen atoms in total. The van der Waals surface area contributed by atoms with Crippen molar-refractivity contribution >= 4 is 33.8 Å². The van der Waals surface area contributed by atoms with E-state index < -0.39 is 5.97 Å². The lowest BCUT2D eigenvalue weighted by Gasteiger charge is -2.26. The predicted octanol–water partition coefficient (Wildman–Crippen LogP) is 3.15. The highest BCUT2D eigenvalue weighted by atomic mass is 32.1. The van der Waals surface area contributed by atoms with Crippen LogP contribution in [0.1, 0.15) is 10.5 Å². The Bertz CT molecular complexity index is 892. The van der Waals surface area contributed by atoms with Gasteiger partial charge in [-0.1, -0.05) is 0 Å². The van der Waals surface area contributed by atoms with Gasteiger partial charge in [0.25, 0.3) is 0 Å². The molecule has 2 aromatic rings. The fourth-order valence-corrected chi connectivity index (χ4v) is 3.57. The van der Waals surface area contributed by atoms with Crippen LogP contribution in [0.15, 0.2) is 33.8 Å². The molecule has 0 saturated carbocycles. The van der Waals surface area contributed by atoms with Crippen molar-refractivity contribution in [2.45, 2.75) is 0 Å². The predicted molar refractivity (Wildman–Crippen MR) is 122 cm³/mol. The first kappa shape index (κ1) is 25.0. The van der Waals surface area contributed by atoms with E-state index in [-0.39, 0.29) is 10.8 Å². The number of hydrogen-bond acceptors (Lipinski definition) is 11. The van der Waals surface area contributed by atoms with Gasteiger partial charge in [0.15, 0.2) is 5.69 Å². The van der Waals surface area contributed by atoms with Gasteiger partial charge in [-0.25, -0.2) is 9.78 Å². The van der Waals surface area contributed by atoms with Crippen molar-refractivity contribution in [3.05, 3.63) is 29.3 Å². The van der Waals surface area contributed by atoms with Crippen LogP contribution >= 0.6 is 11.3 Å². The quantitative estimate of drug-likeness (QED) is 0.643. The van der Waals surface area contributed by atoms with Gasteiger partial charge in [-0.15, -0.1) is 21.6 Å². The third-order valence-corrected chi connectivity index (χ3v) is 5.32. The average Bonchev–Trinajstić information content (AvgIpc) is 3.30. The SMILES string of the molecule is COc1cc(/N=N/c2nc(C(=O)O)cs2)ccc1N1CCOCCOCCOCCOCC1.